The molecule has 7 heteroatoms. The lowest BCUT2D eigenvalue weighted by Crippen LogP contribution is -2.43. The van der Waals surface area contributed by atoms with Gasteiger partial charge in [0.15, 0.2) is 4.34 Å². The SMILES string of the molecule is CSc1nnc(NC(=O)NC(C)(C)C)s1. The third-order valence-electron chi connectivity index (χ3n) is 1.29. The van der Waals surface area contributed by atoms with Crippen LogP contribution in [0.4, 0.5) is 9.93 Å². The van der Waals surface area contributed by atoms with Gasteiger partial charge in [0.1, 0.15) is 0 Å². The molecule has 0 radical (unpaired) electrons. The molecule has 1 aromatic rings. The maximum atomic E-state index is 11.4. The van der Waals surface area contributed by atoms with Crippen molar-refractivity contribution in [1.29, 1.82) is 0 Å². The number of aromatic nitrogens is 2. The van der Waals surface area contributed by atoms with Crippen molar-refractivity contribution in [3.63, 3.8) is 0 Å². The number of rotatable bonds is 2. The second kappa shape index (κ2) is 4.80. The lowest BCUT2D eigenvalue weighted by atomic mass is 10.1. The Kier molecular flexibility index (Phi) is 3.92. The van der Waals surface area contributed by atoms with Gasteiger partial charge in [0.25, 0.3) is 0 Å². The normalized spacial score (nSPS) is 11.2. The Morgan fingerprint density at radius 2 is 2.07 bits per heavy atom. The minimum Gasteiger partial charge on any atom is -0.333 e. The van der Waals surface area contributed by atoms with Gasteiger partial charge in [0.05, 0.1) is 0 Å². The van der Waals surface area contributed by atoms with Crippen molar-refractivity contribution in [3.8, 4) is 0 Å². The van der Waals surface area contributed by atoms with Gasteiger partial charge < -0.3 is 5.32 Å². The monoisotopic (exact) mass is 246 g/mol. The average molecular weight is 246 g/mol. The van der Waals surface area contributed by atoms with Crippen LogP contribution in [-0.2, 0) is 0 Å². The average Bonchev–Trinajstić information content (AvgIpc) is 2.48. The van der Waals surface area contributed by atoms with Crippen molar-refractivity contribution in [1.82, 2.24) is 15.5 Å². The van der Waals surface area contributed by atoms with Crippen LogP contribution < -0.4 is 10.6 Å². The summed E-state index contributed by atoms with van der Waals surface area (Å²) in [5.74, 6) is 0. The van der Waals surface area contributed by atoms with Gasteiger partial charge in [-0.2, -0.15) is 0 Å². The third-order valence-corrected chi connectivity index (χ3v) is 3.10. The highest BCUT2D eigenvalue weighted by Crippen LogP contribution is 2.22. The quantitative estimate of drug-likeness (QED) is 0.620. The highest BCUT2D eigenvalue weighted by atomic mass is 32.2. The van der Waals surface area contributed by atoms with Crippen LogP contribution in [0.5, 0.6) is 0 Å². The Balaban J connectivity index is 2.51. The summed E-state index contributed by atoms with van der Waals surface area (Å²) in [5, 5.41) is 13.6. The van der Waals surface area contributed by atoms with E-state index in [4.69, 9.17) is 0 Å². The number of amides is 2. The summed E-state index contributed by atoms with van der Waals surface area (Å²) < 4.78 is 0.834. The fourth-order valence-electron chi connectivity index (χ4n) is 0.812. The zero-order valence-electron chi connectivity index (χ0n) is 9.12. The fourth-order valence-corrected chi connectivity index (χ4v) is 1.98. The van der Waals surface area contributed by atoms with Crippen molar-refractivity contribution in [3.05, 3.63) is 0 Å². The molecule has 0 aliphatic rings. The van der Waals surface area contributed by atoms with E-state index in [0.29, 0.717) is 5.13 Å². The lowest BCUT2D eigenvalue weighted by molar-refractivity contribution is 0.244. The molecule has 84 valence electrons. The van der Waals surface area contributed by atoms with Gasteiger partial charge in [-0.05, 0) is 27.0 Å². The van der Waals surface area contributed by atoms with Crippen molar-refractivity contribution < 1.29 is 4.79 Å². The molecule has 0 aromatic carbocycles. The van der Waals surface area contributed by atoms with E-state index < -0.39 is 0 Å². The number of carbonyl (C=O) groups excluding carboxylic acids is 1. The highest BCUT2D eigenvalue weighted by Gasteiger charge is 2.14. The summed E-state index contributed by atoms with van der Waals surface area (Å²) in [7, 11) is 0. The first-order valence-electron chi connectivity index (χ1n) is 4.37. The van der Waals surface area contributed by atoms with Crippen LogP contribution >= 0.6 is 23.1 Å². The number of nitrogens with one attached hydrogen (secondary N) is 2. The Morgan fingerprint density at radius 1 is 1.40 bits per heavy atom. The molecule has 2 amide bonds. The van der Waals surface area contributed by atoms with Gasteiger partial charge in [-0.3, -0.25) is 5.32 Å². The van der Waals surface area contributed by atoms with Gasteiger partial charge in [-0.15, -0.1) is 10.2 Å². The molecule has 5 nitrogen and oxygen atoms in total. The zero-order chi connectivity index (χ0) is 11.5. The molecule has 0 fully saturated rings. The highest BCUT2D eigenvalue weighted by molar-refractivity contribution is 8.00. The molecular formula is C8H14N4OS2. The third kappa shape index (κ3) is 4.48. The van der Waals surface area contributed by atoms with Gasteiger partial charge in [-0.1, -0.05) is 23.1 Å². The Bertz CT molecular complexity index is 345. The summed E-state index contributed by atoms with van der Waals surface area (Å²) in [6.45, 7) is 5.75. The first-order chi connectivity index (χ1) is 6.90. The van der Waals surface area contributed by atoms with Crippen molar-refractivity contribution in [2.45, 2.75) is 30.6 Å². The molecule has 0 aliphatic heterocycles. The van der Waals surface area contributed by atoms with Crippen LogP contribution in [0, 0.1) is 0 Å². The number of nitrogens with zero attached hydrogens (tertiary/aromatic N) is 2. The van der Waals surface area contributed by atoms with Gasteiger partial charge in [0.2, 0.25) is 5.13 Å². The van der Waals surface area contributed by atoms with E-state index in [1.165, 1.54) is 23.1 Å². The minimum absolute atomic E-state index is 0.253. The van der Waals surface area contributed by atoms with Crippen molar-refractivity contribution in [2.75, 3.05) is 11.6 Å². The van der Waals surface area contributed by atoms with Gasteiger partial charge >= 0.3 is 6.03 Å². The first kappa shape index (κ1) is 12.3. The molecule has 1 heterocycles. The molecule has 1 rings (SSSR count). The van der Waals surface area contributed by atoms with E-state index in [2.05, 4.69) is 20.8 Å². The maximum absolute atomic E-state index is 11.4. The number of hydrogen-bond donors (Lipinski definition) is 2. The van der Waals surface area contributed by atoms with E-state index in [-0.39, 0.29) is 11.6 Å². The molecule has 2 N–H and O–H groups in total. The number of thioether (sulfide) groups is 1. The number of hydrogen-bond acceptors (Lipinski definition) is 5. The topological polar surface area (TPSA) is 66.9 Å². The molecule has 0 spiro atoms. The first-order valence-corrected chi connectivity index (χ1v) is 6.41. The second-order valence-electron chi connectivity index (χ2n) is 3.91. The minimum atomic E-state index is -0.258. The Hall–Kier alpha value is -0.820. The summed E-state index contributed by atoms with van der Waals surface area (Å²) in [6.07, 6.45) is 1.92. The standard InChI is InChI=1S/C8H14N4OS2/c1-8(2,3)10-5(13)9-6-11-12-7(14-4)15-6/h1-4H3,(H2,9,10,11,13). The Labute approximate surface area is 97.1 Å². The van der Waals surface area contributed by atoms with Crippen LogP contribution in [0.2, 0.25) is 0 Å². The van der Waals surface area contributed by atoms with Crippen LogP contribution in [-0.4, -0.2) is 28.0 Å². The van der Waals surface area contributed by atoms with E-state index in [0.717, 1.165) is 4.34 Å². The Morgan fingerprint density at radius 3 is 2.53 bits per heavy atom. The summed E-state index contributed by atoms with van der Waals surface area (Å²) >= 11 is 2.86. The van der Waals surface area contributed by atoms with Crippen molar-refractivity contribution in [2.24, 2.45) is 0 Å². The van der Waals surface area contributed by atoms with Gasteiger partial charge in [0, 0.05) is 5.54 Å². The lowest BCUT2D eigenvalue weighted by Gasteiger charge is -2.19. The molecule has 0 unspecified atom stereocenters. The molecular weight excluding hydrogens is 232 g/mol. The predicted molar refractivity (Wildman–Crippen MR) is 63.6 cm³/mol. The van der Waals surface area contributed by atoms with E-state index >= 15 is 0 Å². The van der Waals surface area contributed by atoms with Gasteiger partial charge in [-0.25, -0.2) is 4.79 Å². The molecule has 0 saturated carbocycles. The van der Waals surface area contributed by atoms with E-state index in [1.807, 2.05) is 27.0 Å². The maximum Gasteiger partial charge on any atom is 0.321 e. The predicted octanol–water partition coefficient (Wildman–Crippen LogP) is 2.18. The van der Waals surface area contributed by atoms with Crippen LogP contribution in [0.1, 0.15) is 20.8 Å². The molecule has 15 heavy (non-hydrogen) atoms. The molecule has 1 aromatic heterocycles. The van der Waals surface area contributed by atoms with Crippen LogP contribution in [0.3, 0.4) is 0 Å². The van der Waals surface area contributed by atoms with Crippen LogP contribution in [0.25, 0.3) is 0 Å². The summed E-state index contributed by atoms with van der Waals surface area (Å²) in [6, 6.07) is -0.258. The molecule has 0 aliphatic carbocycles. The molecule has 0 bridgehead atoms. The van der Waals surface area contributed by atoms with Crippen LogP contribution in [0.15, 0.2) is 4.34 Å². The second-order valence-corrected chi connectivity index (χ2v) is 5.94. The number of urea groups is 1. The fraction of sp³-hybridized carbons (Fsp3) is 0.625. The smallest absolute Gasteiger partial charge is 0.321 e. The molecule has 0 saturated heterocycles. The number of carbonyl (C=O) groups is 1. The number of anilines is 1. The molecule has 0 atom stereocenters. The largest absolute Gasteiger partial charge is 0.333 e. The summed E-state index contributed by atoms with van der Waals surface area (Å²) in [5.41, 5.74) is -0.253. The van der Waals surface area contributed by atoms with E-state index in [1.54, 1.807) is 0 Å². The zero-order valence-corrected chi connectivity index (χ0v) is 10.8. The summed E-state index contributed by atoms with van der Waals surface area (Å²) in [4.78, 5) is 11.4. The van der Waals surface area contributed by atoms with Crippen molar-refractivity contribution >= 4 is 34.3 Å². The van der Waals surface area contributed by atoms with E-state index in [9.17, 15) is 4.79 Å².